The second-order valence-corrected chi connectivity index (χ2v) is 5.67. The summed E-state index contributed by atoms with van der Waals surface area (Å²) < 4.78 is 0. The molecule has 0 N–H and O–H groups in total. The summed E-state index contributed by atoms with van der Waals surface area (Å²) in [4.78, 5) is 0. The Morgan fingerprint density at radius 1 is 0.800 bits per heavy atom. The fourth-order valence-corrected chi connectivity index (χ4v) is 1.91. The number of rotatable bonds is 7. The van der Waals surface area contributed by atoms with E-state index in [0.717, 1.165) is 23.7 Å². The Kier molecular flexibility index (Phi) is 10.7. The van der Waals surface area contributed by atoms with Crippen LogP contribution >= 0.6 is 0 Å². The molecular formula is C15H34. The van der Waals surface area contributed by atoms with E-state index in [1.54, 1.807) is 0 Å². The van der Waals surface area contributed by atoms with Gasteiger partial charge in [-0.1, -0.05) is 68.2 Å². The average Bonchev–Trinajstić information content (AvgIpc) is 2.13. The third-order valence-corrected chi connectivity index (χ3v) is 3.64. The molecule has 0 radical (unpaired) electrons. The highest BCUT2D eigenvalue weighted by atomic mass is 14.2. The Hall–Kier alpha value is 0. The van der Waals surface area contributed by atoms with Crippen molar-refractivity contribution in [1.82, 2.24) is 0 Å². The zero-order chi connectivity index (χ0) is 11.1. The molecule has 0 amide bonds. The molecule has 0 fully saturated rings. The third-order valence-electron chi connectivity index (χ3n) is 3.64. The van der Waals surface area contributed by atoms with Gasteiger partial charge in [0, 0.05) is 0 Å². The first-order valence-electron chi connectivity index (χ1n) is 6.47. The van der Waals surface area contributed by atoms with Gasteiger partial charge in [-0.25, -0.2) is 0 Å². The van der Waals surface area contributed by atoms with Gasteiger partial charge in [0.15, 0.2) is 0 Å². The van der Waals surface area contributed by atoms with Crippen molar-refractivity contribution >= 4 is 0 Å². The number of hydrogen-bond donors (Lipinski definition) is 0. The molecule has 0 bridgehead atoms. The highest BCUT2D eigenvalue weighted by Crippen LogP contribution is 2.26. The highest BCUT2D eigenvalue weighted by Gasteiger charge is 2.14. The van der Waals surface area contributed by atoms with Gasteiger partial charge in [0.1, 0.15) is 0 Å². The Morgan fingerprint density at radius 3 is 1.73 bits per heavy atom. The largest absolute Gasteiger partial charge is 0.0776 e. The minimum absolute atomic E-state index is 0. The van der Waals surface area contributed by atoms with E-state index in [-0.39, 0.29) is 7.43 Å². The average molecular weight is 214 g/mol. The molecule has 3 atom stereocenters. The molecule has 0 aliphatic carbocycles. The van der Waals surface area contributed by atoms with Crippen LogP contribution in [0.15, 0.2) is 0 Å². The predicted molar refractivity (Wildman–Crippen MR) is 73.2 cm³/mol. The van der Waals surface area contributed by atoms with Crippen molar-refractivity contribution < 1.29 is 0 Å². The first-order chi connectivity index (χ1) is 6.47. The molecule has 0 aromatic rings. The summed E-state index contributed by atoms with van der Waals surface area (Å²) in [5.74, 6) is 3.59. The van der Waals surface area contributed by atoms with E-state index in [4.69, 9.17) is 0 Å². The molecule has 0 aromatic heterocycles. The smallest absolute Gasteiger partial charge is 0.0414 e. The second kappa shape index (κ2) is 9.24. The van der Waals surface area contributed by atoms with Crippen molar-refractivity contribution in [1.29, 1.82) is 0 Å². The van der Waals surface area contributed by atoms with Gasteiger partial charge in [-0.2, -0.15) is 0 Å². The van der Waals surface area contributed by atoms with Crippen LogP contribution in [0.5, 0.6) is 0 Å². The molecule has 3 unspecified atom stereocenters. The van der Waals surface area contributed by atoms with E-state index >= 15 is 0 Å². The second-order valence-electron chi connectivity index (χ2n) is 5.67. The van der Waals surface area contributed by atoms with Crippen LogP contribution in [0.4, 0.5) is 0 Å². The lowest BCUT2D eigenvalue weighted by Crippen LogP contribution is -2.12. The summed E-state index contributed by atoms with van der Waals surface area (Å²) in [5, 5.41) is 0. The molecular weight excluding hydrogens is 180 g/mol. The van der Waals surface area contributed by atoms with Crippen LogP contribution in [-0.2, 0) is 0 Å². The summed E-state index contributed by atoms with van der Waals surface area (Å²) in [5.41, 5.74) is 0. The van der Waals surface area contributed by atoms with Crippen LogP contribution in [0.2, 0.25) is 0 Å². The van der Waals surface area contributed by atoms with Gasteiger partial charge in [-0.05, 0) is 30.1 Å². The van der Waals surface area contributed by atoms with Crippen LogP contribution in [0.25, 0.3) is 0 Å². The van der Waals surface area contributed by atoms with Gasteiger partial charge in [-0.3, -0.25) is 0 Å². The van der Waals surface area contributed by atoms with E-state index in [1.807, 2.05) is 0 Å². The van der Waals surface area contributed by atoms with Crippen LogP contribution in [0, 0.1) is 23.7 Å². The van der Waals surface area contributed by atoms with Crippen molar-refractivity contribution in [3.8, 4) is 0 Å². The van der Waals surface area contributed by atoms with E-state index in [1.165, 1.54) is 25.7 Å². The molecule has 0 aliphatic heterocycles. The van der Waals surface area contributed by atoms with Gasteiger partial charge < -0.3 is 0 Å². The topological polar surface area (TPSA) is 0 Å². The summed E-state index contributed by atoms with van der Waals surface area (Å²) in [6, 6.07) is 0. The van der Waals surface area contributed by atoms with E-state index in [0.29, 0.717) is 0 Å². The summed E-state index contributed by atoms with van der Waals surface area (Å²) in [6.07, 6.45) is 5.55. The highest BCUT2D eigenvalue weighted by molar-refractivity contribution is 4.65. The zero-order valence-corrected chi connectivity index (χ0v) is 11.1. The molecule has 0 nitrogen and oxygen atoms in total. The standard InChI is InChI=1S/C14H30.CH4/c1-7-12(4)10-14(6)13(5)9-8-11(2)3;/h11-14H,7-10H2,1-6H3;1H4. The quantitative estimate of drug-likeness (QED) is 0.505. The van der Waals surface area contributed by atoms with Gasteiger partial charge in [-0.15, -0.1) is 0 Å². The molecule has 0 aromatic carbocycles. The Labute approximate surface area is 98.9 Å². The molecule has 0 saturated heterocycles. The fraction of sp³-hybridized carbons (Fsp3) is 1.00. The number of hydrogen-bond acceptors (Lipinski definition) is 0. The van der Waals surface area contributed by atoms with Crippen molar-refractivity contribution in [3.63, 3.8) is 0 Å². The Bertz CT molecular complexity index is 126. The van der Waals surface area contributed by atoms with Crippen molar-refractivity contribution in [2.45, 2.75) is 74.7 Å². The van der Waals surface area contributed by atoms with Gasteiger partial charge >= 0.3 is 0 Å². The monoisotopic (exact) mass is 214 g/mol. The van der Waals surface area contributed by atoms with Crippen molar-refractivity contribution in [2.75, 3.05) is 0 Å². The lowest BCUT2D eigenvalue weighted by atomic mass is 9.83. The SMILES string of the molecule is C.CCC(C)CC(C)C(C)CCC(C)C. The van der Waals surface area contributed by atoms with Gasteiger partial charge in [0.05, 0.1) is 0 Å². The van der Waals surface area contributed by atoms with Crippen LogP contribution in [0.1, 0.15) is 74.7 Å². The third kappa shape index (κ3) is 8.96. The summed E-state index contributed by atoms with van der Waals surface area (Å²) in [6.45, 7) is 14.2. The maximum atomic E-state index is 2.43. The maximum Gasteiger partial charge on any atom is -0.0414 e. The van der Waals surface area contributed by atoms with Crippen LogP contribution in [-0.4, -0.2) is 0 Å². The fourth-order valence-electron chi connectivity index (χ4n) is 1.91. The van der Waals surface area contributed by atoms with Crippen molar-refractivity contribution in [3.05, 3.63) is 0 Å². The maximum absolute atomic E-state index is 2.43. The van der Waals surface area contributed by atoms with E-state index in [2.05, 4.69) is 41.5 Å². The van der Waals surface area contributed by atoms with E-state index in [9.17, 15) is 0 Å². The molecule has 0 saturated carbocycles. The summed E-state index contributed by atoms with van der Waals surface area (Å²) in [7, 11) is 0. The lowest BCUT2D eigenvalue weighted by Gasteiger charge is -2.23. The Morgan fingerprint density at radius 2 is 1.33 bits per heavy atom. The normalized spacial score (nSPS) is 17.0. The van der Waals surface area contributed by atoms with E-state index < -0.39 is 0 Å². The molecule has 0 aliphatic rings. The minimum atomic E-state index is 0. The van der Waals surface area contributed by atoms with Crippen LogP contribution in [0.3, 0.4) is 0 Å². The molecule has 0 heterocycles. The predicted octanol–water partition coefficient (Wildman–Crippen LogP) is 5.77. The molecule has 94 valence electrons. The molecule has 0 rings (SSSR count). The zero-order valence-electron chi connectivity index (χ0n) is 11.1. The van der Waals surface area contributed by atoms with Crippen molar-refractivity contribution in [2.24, 2.45) is 23.7 Å². The van der Waals surface area contributed by atoms with Crippen LogP contribution < -0.4 is 0 Å². The van der Waals surface area contributed by atoms with Gasteiger partial charge in [0.25, 0.3) is 0 Å². The Balaban J connectivity index is 0. The molecule has 0 heteroatoms. The molecule has 15 heavy (non-hydrogen) atoms. The van der Waals surface area contributed by atoms with Gasteiger partial charge in [0.2, 0.25) is 0 Å². The first kappa shape index (κ1) is 17.4. The first-order valence-corrected chi connectivity index (χ1v) is 6.47. The lowest BCUT2D eigenvalue weighted by molar-refractivity contribution is 0.282. The minimum Gasteiger partial charge on any atom is -0.0776 e. The summed E-state index contributed by atoms with van der Waals surface area (Å²) >= 11 is 0. The molecule has 0 spiro atoms.